The number of nitrogens with one attached hydrogen (secondary N) is 1. The van der Waals surface area contributed by atoms with Crippen LogP contribution in [0.4, 0.5) is 5.69 Å². The Kier molecular flexibility index (Phi) is 5.88. The van der Waals surface area contributed by atoms with E-state index in [1.165, 1.54) is 18.2 Å². The zero-order chi connectivity index (χ0) is 18.4. The van der Waals surface area contributed by atoms with E-state index in [9.17, 15) is 20.0 Å². The predicted molar refractivity (Wildman–Crippen MR) is 95.6 cm³/mol. The maximum Gasteiger partial charge on any atom is 0.273 e. The Morgan fingerprint density at radius 2 is 1.88 bits per heavy atom. The lowest BCUT2D eigenvalue weighted by Gasteiger charge is -2.24. The Morgan fingerprint density at radius 1 is 1.20 bits per heavy atom. The molecule has 0 spiro atoms. The number of benzene rings is 2. The molecule has 0 saturated carbocycles. The first-order valence-electron chi connectivity index (χ1n) is 8.09. The molecule has 0 heterocycles. The van der Waals surface area contributed by atoms with E-state index in [4.69, 9.17) is 0 Å². The normalized spacial score (nSPS) is 13.1. The number of nitro benzene ring substituents is 1. The van der Waals surface area contributed by atoms with Crippen LogP contribution in [0.5, 0.6) is 0 Å². The fraction of sp³-hybridized carbons (Fsp3) is 0.316. The van der Waals surface area contributed by atoms with Crippen LogP contribution < -0.4 is 5.32 Å². The highest BCUT2D eigenvalue weighted by Gasteiger charge is 2.23. The third kappa shape index (κ3) is 5.12. The number of carbonyl (C=O) groups is 1. The van der Waals surface area contributed by atoms with Crippen molar-refractivity contribution in [2.24, 2.45) is 0 Å². The van der Waals surface area contributed by atoms with E-state index < -0.39 is 16.4 Å². The fourth-order valence-corrected chi connectivity index (χ4v) is 2.58. The third-order valence-electron chi connectivity index (χ3n) is 4.17. The number of carbonyl (C=O) groups excluding carboxylic acids is 1. The van der Waals surface area contributed by atoms with Crippen LogP contribution >= 0.6 is 0 Å². The molecule has 2 rings (SSSR count). The molecular formula is C19H22N2O4. The van der Waals surface area contributed by atoms with Crippen molar-refractivity contribution in [3.05, 3.63) is 75.3 Å². The summed E-state index contributed by atoms with van der Waals surface area (Å²) < 4.78 is 0. The summed E-state index contributed by atoms with van der Waals surface area (Å²) in [5.74, 6) is -0.429. The lowest BCUT2D eigenvalue weighted by molar-refractivity contribution is -0.385. The fourth-order valence-electron chi connectivity index (χ4n) is 2.58. The third-order valence-corrected chi connectivity index (χ3v) is 4.17. The van der Waals surface area contributed by atoms with E-state index in [2.05, 4.69) is 5.32 Å². The van der Waals surface area contributed by atoms with Gasteiger partial charge in [-0.25, -0.2) is 0 Å². The summed E-state index contributed by atoms with van der Waals surface area (Å²) in [7, 11) is 0. The largest absolute Gasteiger partial charge is 0.388 e. The minimum atomic E-state index is -1.07. The molecule has 0 aliphatic heterocycles. The van der Waals surface area contributed by atoms with E-state index in [1.807, 2.05) is 30.3 Å². The van der Waals surface area contributed by atoms with Crippen LogP contribution in [0.3, 0.4) is 0 Å². The summed E-state index contributed by atoms with van der Waals surface area (Å²) in [6, 6.07) is 14.2. The van der Waals surface area contributed by atoms with Crippen molar-refractivity contribution in [2.75, 3.05) is 6.54 Å². The van der Waals surface area contributed by atoms with E-state index in [1.54, 1.807) is 13.8 Å². The van der Waals surface area contributed by atoms with Gasteiger partial charge in [0.25, 0.3) is 11.6 Å². The Hall–Kier alpha value is -2.73. The van der Waals surface area contributed by atoms with Crippen molar-refractivity contribution in [3.63, 3.8) is 0 Å². The van der Waals surface area contributed by atoms with E-state index in [-0.39, 0.29) is 17.8 Å². The molecule has 2 aromatic carbocycles. The second kappa shape index (κ2) is 7.90. The maximum atomic E-state index is 12.3. The predicted octanol–water partition coefficient (Wildman–Crippen LogP) is 3.02. The van der Waals surface area contributed by atoms with E-state index >= 15 is 0 Å². The Bertz CT molecular complexity index is 757. The first-order chi connectivity index (χ1) is 11.8. The zero-order valence-electron chi connectivity index (χ0n) is 14.4. The molecule has 0 aliphatic rings. The highest BCUT2D eigenvalue weighted by Crippen LogP contribution is 2.21. The van der Waals surface area contributed by atoms with E-state index in [0.717, 1.165) is 5.56 Å². The molecule has 0 aliphatic carbocycles. The molecule has 0 saturated heterocycles. The highest BCUT2D eigenvalue weighted by atomic mass is 16.6. The molecule has 132 valence electrons. The van der Waals surface area contributed by atoms with Gasteiger partial charge in [-0.3, -0.25) is 14.9 Å². The van der Waals surface area contributed by atoms with Gasteiger partial charge in [-0.15, -0.1) is 0 Å². The van der Waals surface area contributed by atoms with Crippen LogP contribution in [0.1, 0.15) is 34.8 Å². The van der Waals surface area contributed by atoms with Gasteiger partial charge in [-0.1, -0.05) is 36.4 Å². The summed E-state index contributed by atoms with van der Waals surface area (Å²) in [5.41, 5.74) is 0.509. The van der Waals surface area contributed by atoms with Crippen LogP contribution in [0.15, 0.2) is 48.5 Å². The van der Waals surface area contributed by atoms with Crippen molar-refractivity contribution < 1.29 is 14.8 Å². The molecule has 1 atom stereocenters. The number of rotatable bonds is 7. The number of hydrogen-bond donors (Lipinski definition) is 2. The van der Waals surface area contributed by atoms with Gasteiger partial charge >= 0.3 is 0 Å². The van der Waals surface area contributed by atoms with Gasteiger partial charge in [0.15, 0.2) is 0 Å². The van der Waals surface area contributed by atoms with Crippen molar-refractivity contribution in [3.8, 4) is 0 Å². The molecule has 0 radical (unpaired) electrons. The maximum absolute atomic E-state index is 12.3. The number of amides is 1. The smallest absolute Gasteiger partial charge is 0.273 e. The average Bonchev–Trinajstić information content (AvgIpc) is 2.59. The zero-order valence-corrected chi connectivity index (χ0v) is 14.4. The monoisotopic (exact) mass is 342 g/mol. The number of aryl methyl sites for hydroxylation is 1. The van der Waals surface area contributed by atoms with Gasteiger partial charge < -0.3 is 10.4 Å². The summed E-state index contributed by atoms with van der Waals surface area (Å²) >= 11 is 0. The van der Waals surface area contributed by atoms with Crippen LogP contribution in [0.2, 0.25) is 0 Å². The molecular weight excluding hydrogens is 320 g/mol. The molecule has 0 aromatic heterocycles. The summed E-state index contributed by atoms with van der Waals surface area (Å²) in [6.07, 6.45) is 1.19. The van der Waals surface area contributed by atoms with Crippen LogP contribution in [0, 0.1) is 17.0 Å². The Morgan fingerprint density at radius 3 is 2.52 bits per heavy atom. The average molecular weight is 342 g/mol. The summed E-state index contributed by atoms with van der Waals surface area (Å²) in [4.78, 5) is 22.8. The van der Waals surface area contributed by atoms with Gasteiger partial charge in [0.1, 0.15) is 0 Å². The van der Waals surface area contributed by atoms with Gasteiger partial charge in [0.05, 0.1) is 10.5 Å². The number of aliphatic hydroxyl groups is 1. The summed E-state index contributed by atoms with van der Waals surface area (Å²) in [5, 5.41) is 24.1. The number of nitro groups is 1. The Balaban J connectivity index is 1.97. The lowest BCUT2D eigenvalue weighted by Crippen LogP contribution is -2.41. The second-order valence-electron chi connectivity index (χ2n) is 6.37. The standard InChI is InChI=1S/C19H22N2O4/c1-14-16(9-6-10-17(14)21(24)25)18(22)20-13-19(2,23)12-11-15-7-4-3-5-8-15/h3-10,23H,11-13H2,1-2H3,(H,20,22). The molecule has 0 bridgehead atoms. The number of hydrogen-bond acceptors (Lipinski definition) is 4. The number of nitrogens with zero attached hydrogens (tertiary/aromatic N) is 1. The van der Waals surface area contributed by atoms with Crippen molar-refractivity contribution in [1.29, 1.82) is 0 Å². The molecule has 6 heteroatoms. The van der Waals surface area contributed by atoms with E-state index in [0.29, 0.717) is 18.4 Å². The van der Waals surface area contributed by atoms with Crippen LogP contribution in [-0.4, -0.2) is 28.1 Å². The lowest BCUT2D eigenvalue weighted by atomic mass is 9.96. The summed E-state index contributed by atoms with van der Waals surface area (Å²) in [6.45, 7) is 3.28. The highest BCUT2D eigenvalue weighted by molar-refractivity contribution is 5.96. The van der Waals surface area contributed by atoms with Crippen molar-refractivity contribution >= 4 is 11.6 Å². The molecule has 25 heavy (non-hydrogen) atoms. The Labute approximate surface area is 146 Å². The molecule has 1 unspecified atom stereocenters. The van der Waals surface area contributed by atoms with Gasteiger partial charge in [-0.2, -0.15) is 0 Å². The molecule has 1 amide bonds. The van der Waals surface area contributed by atoms with Crippen molar-refractivity contribution in [1.82, 2.24) is 5.32 Å². The molecule has 6 nitrogen and oxygen atoms in total. The first-order valence-corrected chi connectivity index (χ1v) is 8.09. The molecule has 0 fully saturated rings. The van der Waals surface area contributed by atoms with Crippen LogP contribution in [0.25, 0.3) is 0 Å². The van der Waals surface area contributed by atoms with Crippen LogP contribution in [-0.2, 0) is 6.42 Å². The topological polar surface area (TPSA) is 92.5 Å². The van der Waals surface area contributed by atoms with Gasteiger partial charge in [0.2, 0.25) is 0 Å². The second-order valence-corrected chi connectivity index (χ2v) is 6.37. The molecule has 2 N–H and O–H groups in total. The first kappa shape index (κ1) is 18.6. The quantitative estimate of drug-likeness (QED) is 0.597. The van der Waals surface area contributed by atoms with Crippen molar-refractivity contribution in [2.45, 2.75) is 32.3 Å². The van der Waals surface area contributed by atoms with Gasteiger partial charge in [-0.05, 0) is 38.3 Å². The molecule has 2 aromatic rings. The minimum absolute atomic E-state index is 0.0702. The minimum Gasteiger partial charge on any atom is -0.388 e. The SMILES string of the molecule is Cc1c(C(=O)NCC(C)(O)CCc2ccccc2)cccc1[N+](=O)[O-]. The van der Waals surface area contributed by atoms with Gasteiger partial charge in [0, 0.05) is 23.7 Å².